The van der Waals surface area contributed by atoms with Gasteiger partial charge < -0.3 is 20.5 Å². The number of hydrogen-bond acceptors (Lipinski definition) is 11. The van der Waals surface area contributed by atoms with Gasteiger partial charge in [0.25, 0.3) is 0 Å². The highest BCUT2D eigenvalue weighted by atomic mass is 35.5. The van der Waals surface area contributed by atoms with E-state index >= 15 is 0 Å². The van der Waals surface area contributed by atoms with Crippen molar-refractivity contribution in [2.45, 2.75) is 82.0 Å². The second-order valence-electron chi connectivity index (χ2n) is 11.5. The lowest BCUT2D eigenvalue weighted by Crippen LogP contribution is -2.48. The van der Waals surface area contributed by atoms with Crippen molar-refractivity contribution < 1.29 is 18.3 Å². The number of rotatable bonds is 12. The number of benzene rings is 1. The van der Waals surface area contributed by atoms with Crippen LogP contribution >= 0.6 is 11.6 Å². The number of nitrogens with zero attached hydrogens (tertiary/aromatic N) is 5. The Morgan fingerprint density at radius 2 is 1.86 bits per heavy atom. The van der Waals surface area contributed by atoms with Gasteiger partial charge in [0, 0.05) is 26.3 Å². The molecule has 234 valence electrons. The Labute approximate surface area is 258 Å². The number of halogens is 1. The molecule has 1 saturated carbocycles. The van der Waals surface area contributed by atoms with E-state index in [4.69, 9.17) is 16.3 Å². The molecule has 2 aliphatic rings. The quantitative estimate of drug-likeness (QED) is 0.210. The normalized spacial score (nSPS) is 17.3. The highest BCUT2D eigenvalue weighted by molar-refractivity contribution is 7.92. The number of ether oxygens (including phenoxy) is 1. The molecule has 3 aromatic rings. The fourth-order valence-electron chi connectivity index (χ4n) is 5.22. The van der Waals surface area contributed by atoms with Crippen LogP contribution in [0.1, 0.15) is 63.5 Å². The number of likely N-dealkylation sites (tertiary alicyclic amines) is 1. The Balaban J connectivity index is 1.38. The number of hydrogen-bond donors (Lipinski definition) is 4. The van der Waals surface area contributed by atoms with Crippen LogP contribution < -0.4 is 20.7 Å². The first-order valence-corrected chi connectivity index (χ1v) is 16.7. The number of aliphatic hydroxyl groups excluding tert-OH is 1. The van der Waals surface area contributed by atoms with Gasteiger partial charge in [0.15, 0.2) is 12.2 Å². The molecule has 2 fully saturated rings. The minimum absolute atomic E-state index is 0.0671. The van der Waals surface area contributed by atoms with E-state index in [1.807, 2.05) is 6.92 Å². The van der Waals surface area contributed by atoms with Gasteiger partial charge in [0.2, 0.25) is 20.8 Å². The predicted molar refractivity (Wildman–Crippen MR) is 167 cm³/mol. The van der Waals surface area contributed by atoms with E-state index < -0.39 is 21.4 Å². The summed E-state index contributed by atoms with van der Waals surface area (Å²) in [6.07, 6.45) is 6.52. The molecule has 1 unspecified atom stereocenters. The summed E-state index contributed by atoms with van der Waals surface area (Å²) >= 11 is 6.43. The maximum absolute atomic E-state index is 12.9. The summed E-state index contributed by atoms with van der Waals surface area (Å²) < 4.78 is 33.6. The molecule has 1 aliphatic heterocycles. The molecule has 1 aliphatic carbocycles. The third kappa shape index (κ3) is 7.23. The van der Waals surface area contributed by atoms with E-state index in [0.29, 0.717) is 5.92 Å². The average molecular weight is 633 g/mol. The van der Waals surface area contributed by atoms with Gasteiger partial charge in [0.05, 0.1) is 28.9 Å². The molecule has 0 radical (unpaired) electrons. The van der Waals surface area contributed by atoms with Crippen molar-refractivity contribution in [3.05, 3.63) is 40.7 Å². The lowest BCUT2D eigenvalue weighted by molar-refractivity contribution is -0.0336. The molecule has 1 saturated heterocycles. The fourth-order valence-corrected chi connectivity index (χ4v) is 6.46. The van der Waals surface area contributed by atoms with Crippen LogP contribution in [0.15, 0.2) is 29.6 Å². The lowest BCUT2D eigenvalue weighted by atomic mass is 9.86. The van der Waals surface area contributed by atoms with Gasteiger partial charge in [-0.25, -0.2) is 13.4 Å². The summed E-state index contributed by atoms with van der Waals surface area (Å²) in [5.41, 5.74) is 3.40. The highest BCUT2D eigenvalue weighted by Crippen LogP contribution is 2.40. The van der Waals surface area contributed by atoms with Gasteiger partial charge in [-0.15, -0.1) is 0 Å². The van der Waals surface area contributed by atoms with Gasteiger partial charge in [-0.1, -0.05) is 18.5 Å². The third-order valence-electron chi connectivity index (χ3n) is 7.82. The summed E-state index contributed by atoms with van der Waals surface area (Å²) in [6.45, 7) is 9.64. The van der Waals surface area contributed by atoms with Crippen LogP contribution in [0.3, 0.4) is 0 Å². The van der Waals surface area contributed by atoms with Crippen molar-refractivity contribution in [2.24, 2.45) is 7.05 Å². The summed E-state index contributed by atoms with van der Waals surface area (Å²) in [5, 5.41) is 23.5. The number of piperidine rings is 1. The Kier molecular flexibility index (Phi) is 9.47. The van der Waals surface area contributed by atoms with Crippen molar-refractivity contribution in [1.82, 2.24) is 30.0 Å². The lowest BCUT2D eigenvalue weighted by Gasteiger charge is -2.36. The Hall–Kier alpha value is -2.97. The van der Waals surface area contributed by atoms with Crippen LogP contribution in [-0.2, 0) is 16.9 Å². The summed E-state index contributed by atoms with van der Waals surface area (Å²) in [7, 11) is -1.99. The number of aromatic nitrogens is 4. The minimum atomic E-state index is -3.65. The van der Waals surface area contributed by atoms with E-state index in [1.54, 1.807) is 27.1 Å². The molecular weight excluding hydrogens is 592 g/mol. The Morgan fingerprint density at radius 1 is 1.14 bits per heavy atom. The van der Waals surface area contributed by atoms with Crippen molar-refractivity contribution >= 4 is 44.6 Å². The summed E-state index contributed by atoms with van der Waals surface area (Å²) in [4.78, 5) is 11.0. The largest absolute Gasteiger partial charge is 0.488 e. The van der Waals surface area contributed by atoms with Crippen LogP contribution in [0.5, 0.6) is 5.75 Å². The van der Waals surface area contributed by atoms with Gasteiger partial charge in [-0.05, 0) is 82.2 Å². The molecule has 1 aromatic carbocycles. The van der Waals surface area contributed by atoms with Gasteiger partial charge >= 0.3 is 0 Å². The number of nitrogens with one attached hydrogen (secondary N) is 3. The minimum Gasteiger partial charge on any atom is -0.488 e. The SMILES string of the molecule is CCNC(O)N1CCC(c2cc(OC3CC3)c(Nc3ncc(Cl)c(Nc4cn(C)nc4S(=O)(=O)C(C)C)n3)cc2C)CC1. The molecule has 0 bridgehead atoms. The third-order valence-corrected chi connectivity index (χ3v) is 10.2. The van der Waals surface area contributed by atoms with Crippen molar-refractivity contribution in [3.63, 3.8) is 0 Å². The monoisotopic (exact) mass is 632 g/mol. The molecule has 4 N–H and O–H groups in total. The van der Waals surface area contributed by atoms with Gasteiger partial charge in [-0.3, -0.25) is 14.9 Å². The molecule has 2 aromatic heterocycles. The van der Waals surface area contributed by atoms with Crippen molar-refractivity contribution in [1.29, 1.82) is 0 Å². The maximum atomic E-state index is 12.9. The Morgan fingerprint density at radius 3 is 2.51 bits per heavy atom. The first-order chi connectivity index (χ1) is 20.5. The second kappa shape index (κ2) is 12.9. The highest BCUT2D eigenvalue weighted by Gasteiger charge is 2.30. The summed E-state index contributed by atoms with van der Waals surface area (Å²) in [5.74, 6) is 1.63. The standard InChI is InChI=1S/C29H41ClN8O4S/c1-6-31-29(39)38-11-9-19(10-12-38)21-14-25(42-20-7-8-20)23(13-18(21)4)34-28-32-15-22(30)26(35-28)33-24-16-37(5)36-27(24)43(40,41)17(2)3/h13-17,19-20,29,31,39H,6-12H2,1-5H3,(H2,32,33,34,35). The van der Waals surface area contributed by atoms with E-state index in [0.717, 1.165) is 62.3 Å². The molecule has 14 heteroatoms. The van der Waals surface area contributed by atoms with Crippen LogP contribution in [0.4, 0.5) is 23.1 Å². The van der Waals surface area contributed by atoms with Crippen molar-refractivity contribution in [2.75, 3.05) is 30.3 Å². The van der Waals surface area contributed by atoms with Gasteiger partial charge in [-0.2, -0.15) is 10.1 Å². The zero-order valence-electron chi connectivity index (χ0n) is 25.3. The predicted octanol–water partition coefficient (Wildman–Crippen LogP) is 4.45. The number of sulfone groups is 1. The van der Waals surface area contributed by atoms with Crippen LogP contribution in [0.2, 0.25) is 5.02 Å². The smallest absolute Gasteiger partial charge is 0.229 e. The van der Waals surface area contributed by atoms with E-state index in [1.165, 1.54) is 16.4 Å². The second-order valence-corrected chi connectivity index (χ2v) is 14.3. The first kappa shape index (κ1) is 31.5. The molecule has 43 heavy (non-hydrogen) atoms. The zero-order chi connectivity index (χ0) is 30.9. The van der Waals surface area contributed by atoms with Crippen LogP contribution in [0, 0.1) is 6.92 Å². The molecule has 12 nitrogen and oxygen atoms in total. The topological polar surface area (TPSA) is 147 Å². The molecular formula is C29H41ClN8O4S. The number of anilines is 4. The molecule has 0 amide bonds. The Bertz CT molecular complexity index is 1550. The molecule has 0 spiro atoms. The molecule has 5 rings (SSSR count). The van der Waals surface area contributed by atoms with Gasteiger partial charge in [0.1, 0.15) is 10.8 Å². The molecule has 1 atom stereocenters. The number of aryl methyl sites for hydroxylation is 2. The van der Waals surface area contributed by atoms with E-state index in [9.17, 15) is 13.5 Å². The average Bonchev–Trinajstić information content (AvgIpc) is 3.71. The fraction of sp³-hybridized carbons (Fsp3) is 0.552. The zero-order valence-corrected chi connectivity index (χ0v) is 26.8. The van der Waals surface area contributed by atoms with Crippen LogP contribution in [-0.4, -0.2) is 75.5 Å². The van der Waals surface area contributed by atoms with Crippen molar-refractivity contribution in [3.8, 4) is 5.75 Å². The maximum Gasteiger partial charge on any atom is 0.229 e. The first-order valence-electron chi connectivity index (χ1n) is 14.8. The van der Waals surface area contributed by atoms with Crippen LogP contribution in [0.25, 0.3) is 0 Å². The number of aliphatic hydroxyl groups is 1. The van der Waals surface area contributed by atoms with E-state index in [-0.39, 0.29) is 33.6 Å². The summed E-state index contributed by atoms with van der Waals surface area (Å²) in [6, 6.07) is 4.19. The van der Waals surface area contributed by atoms with E-state index in [2.05, 4.69) is 55.0 Å². The molecule has 3 heterocycles.